The smallest absolute Gasteiger partial charge is 0.320 e. The van der Waals surface area contributed by atoms with Gasteiger partial charge in [-0.25, -0.2) is 0 Å². The Morgan fingerprint density at radius 2 is 2.16 bits per heavy atom. The van der Waals surface area contributed by atoms with E-state index in [4.69, 9.17) is 4.74 Å². The SMILES string of the molecule is C/C=C\[C@@H]1C[C@H](C(=O)O)N2CC[C@](CCO)(OCC)[C@H](NC(C)=O)[C@@H]12. The third-order valence-electron chi connectivity index (χ3n) is 5.47. The van der Waals surface area contributed by atoms with Crippen molar-refractivity contribution in [1.82, 2.24) is 10.2 Å². The average molecular weight is 354 g/mol. The first kappa shape index (κ1) is 19.9. The van der Waals surface area contributed by atoms with Crippen molar-refractivity contribution < 1.29 is 24.5 Å². The molecule has 1 amide bonds. The fourth-order valence-corrected chi connectivity index (χ4v) is 4.62. The number of aliphatic hydroxyl groups excluding tert-OH is 1. The molecule has 7 nitrogen and oxygen atoms in total. The lowest BCUT2D eigenvalue weighted by molar-refractivity contribution is -0.153. The second-order valence-corrected chi connectivity index (χ2v) is 6.91. The fraction of sp³-hybridized carbons (Fsp3) is 0.778. The van der Waals surface area contributed by atoms with E-state index in [1.54, 1.807) is 0 Å². The van der Waals surface area contributed by atoms with E-state index >= 15 is 0 Å². The minimum atomic E-state index is -0.829. The number of allylic oxidation sites excluding steroid dienone is 1. The van der Waals surface area contributed by atoms with Gasteiger partial charge in [-0.05, 0) is 32.6 Å². The van der Waals surface area contributed by atoms with E-state index in [-0.39, 0.29) is 30.5 Å². The highest BCUT2D eigenvalue weighted by Gasteiger charge is 2.57. The van der Waals surface area contributed by atoms with Crippen molar-refractivity contribution in [1.29, 1.82) is 0 Å². The Balaban J connectivity index is 2.46. The molecule has 2 fully saturated rings. The van der Waals surface area contributed by atoms with Crippen LogP contribution < -0.4 is 5.32 Å². The third-order valence-corrected chi connectivity index (χ3v) is 5.47. The van der Waals surface area contributed by atoms with Crippen molar-refractivity contribution in [3.05, 3.63) is 12.2 Å². The number of amides is 1. The summed E-state index contributed by atoms with van der Waals surface area (Å²) < 4.78 is 6.08. The van der Waals surface area contributed by atoms with Crippen LogP contribution in [0.5, 0.6) is 0 Å². The van der Waals surface area contributed by atoms with Crippen LogP contribution in [0.25, 0.3) is 0 Å². The van der Waals surface area contributed by atoms with Gasteiger partial charge in [0.25, 0.3) is 0 Å². The number of carboxylic acid groups (broad SMARTS) is 1. The number of ether oxygens (including phenoxy) is 1. The summed E-state index contributed by atoms with van der Waals surface area (Å²) in [5.74, 6) is -0.988. The molecule has 142 valence electrons. The van der Waals surface area contributed by atoms with E-state index in [0.717, 1.165) is 0 Å². The Hall–Kier alpha value is -1.44. The molecule has 2 saturated heterocycles. The molecule has 0 saturated carbocycles. The van der Waals surface area contributed by atoms with Gasteiger partial charge in [-0.1, -0.05) is 12.2 Å². The second kappa shape index (κ2) is 8.29. The molecule has 3 N–H and O–H groups in total. The highest BCUT2D eigenvalue weighted by molar-refractivity contribution is 5.75. The molecule has 0 aliphatic carbocycles. The van der Waals surface area contributed by atoms with E-state index in [2.05, 4.69) is 5.32 Å². The number of nitrogens with one attached hydrogen (secondary N) is 1. The molecular formula is C18H30N2O5. The number of aliphatic hydroxyl groups is 1. The average Bonchev–Trinajstić information content (AvgIpc) is 2.90. The summed E-state index contributed by atoms with van der Waals surface area (Å²) in [5, 5.41) is 22.2. The quantitative estimate of drug-likeness (QED) is 0.584. The minimum absolute atomic E-state index is 0.0155. The molecule has 0 aromatic rings. The highest BCUT2D eigenvalue weighted by Crippen LogP contribution is 2.43. The number of aliphatic carboxylic acids is 1. The second-order valence-electron chi connectivity index (χ2n) is 6.91. The molecule has 5 atom stereocenters. The molecule has 0 aromatic heterocycles. The van der Waals surface area contributed by atoms with Crippen molar-refractivity contribution in [2.75, 3.05) is 19.8 Å². The lowest BCUT2D eigenvalue weighted by Crippen LogP contribution is -2.69. The third kappa shape index (κ3) is 3.88. The highest BCUT2D eigenvalue weighted by atomic mass is 16.5. The van der Waals surface area contributed by atoms with E-state index in [1.165, 1.54) is 6.92 Å². The van der Waals surface area contributed by atoms with Gasteiger partial charge >= 0.3 is 5.97 Å². The number of piperidine rings is 1. The molecule has 2 rings (SSSR count). The van der Waals surface area contributed by atoms with Gasteiger partial charge in [0.05, 0.1) is 11.6 Å². The van der Waals surface area contributed by atoms with Gasteiger partial charge in [-0.2, -0.15) is 0 Å². The van der Waals surface area contributed by atoms with Crippen LogP contribution in [0.3, 0.4) is 0 Å². The van der Waals surface area contributed by atoms with Gasteiger partial charge in [-0.15, -0.1) is 0 Å². The van der Waals surface area contributed by atoms with E-state index in [1.807, 2.05) is 30.9 Å². The Morgan fingerprint density at radius 1 is 1.44 bits per heavy atom. The van der Waals surface area contributed by atoms with Crippen LogP contribution in [0.15, 0.2) is 12.2 Å². The Morgan fingerprint density at radius 3 is 2.68 bits per heavy atom. The van der Waals surface area contributed by atoms with Crippen molar-refractivity contribution in [2.24, 2.45) is 5.92 Å². The summed E-state index contributed by atoms with van der Waals surface area (Å²) in [6.07, 6.45) is 5.46. The van der Waals surface area contributed by atoms with Gasteiger partial charge in [0, 0.05) is 39.1 Å². The minimum Gasteiger partial charge on any atom is -0.480 e. The summed E-state index contributed by atoms with van der Waals surface area (Å²) in [6, 6.07) is -1.08. The first-order valence-corrected chi connectivity index (χ1v) is 9.03. The lowest BCUT2D eigenvalue weighted by Gasteiger charge is -2.51. The zero-order valence-electron chi connectivity index (χ0n) is 15.3. The molecule has 2 aliphatic heterocycles. The summed E-state index contributed by atoms with van der Waals surface area (Å²) in [7, 11) is 0. The van der Waals surface area contributed by atoms with Crippen LogP contribution in [-0.2, 0) is 14.3 Å². The van der Waals surface area contributed by atoms with Gasteiger partial charge in [0.1, 0.15) is 6.04 Å². The number of hydrogen-bond acceptors (Lipinski definition) is 5. The lowest BCUT2D eigenvalue weighted by atomic mass is 9.75. The normalized spacial score (nSPS) is 35.7. The summed E-state index contributed by atoms with van der Waals surface area (Å²) in [4.78, 5) is 25.6. The maximum Gasteiger partial charge on any atom is 0.320 e. The molecular weight excluding hydrogens is 324 g/mol. The molecule has 25 heavy (non-hydrogen) atoms. The van der Waals surface area contributed by atoms with Gasteiger partial charge in [0.2, 0.25) is 5.91 Å². The molecule has 0 bridgehead atoms. The summed E-state index contributed by atoms with van der Waals surface area (Å²) in [6.45, 7) is 6.28. The number of nitrogens with zero attached hydrogens (tertiary/aromatic N) is 1. The Labute approximate surface area is 149 Å². The van der Waals surface area contributed by atoms with Crippen LogP contribution in [0, 0.1) is 5.92 Å². The number of carbonyl (C=O) groups excluding carboxylic acids is 1. The fourth-order valence-electron chi connectivity index (χ4n) is 4.62. The Bertz CT molecular complexity index is 516. The van der Waals surface area contributed by atoms with Crippen LogP contribution in [-0.4, -0.2) is 70.5 Å². The number of carboxylic acids is 1. The predicted octanol–water partition coefficient (Wildman–Crippen LogP) is 0.772. The number of carbonyl (C=O) groups is 2. The molecule has 2 aliphatic rings. The van der Waals surface area contributed by atoms with Gasteiger partial charge in [-0.3, -0.25) is 14.5 Å². The topological polar surface area (TPSA) is 99.1 Å². The van der Waals surface area contributed by atoms with Gasteiger partial charge < -0.3 is 20.3 Å². The van der Waals surface area contributed by atoms with E-state index in [0.29, 0.717) is 32.4 Å². The van der Waals surface area contributed by atoms with Crippen molar-refractivity contribution in [3.63, 3.8) is 0 Å². The standard InChI is InChI=1S/C18H30N2O5/c1-4-6-13-11-14(17(23)24)20-9-7-18(8-10-21,25-5-2)16(15(13)20)19-12(3)22/h4,6,13-16,21H,5,7-11H2,1-3H3,(H,19,22)(H,23,24)/b6-4-/t13-,14-,15-,16-,18-/m1/s1. The van der Waals surface area contributed by atoms with Crippen LogP contribution >= 0.6 is 0 Å². The molecule has 7 heteroatoms. The van der Waals surface area contributed by atoms with Crippen molar-refractivity contribution in [3.8, 4) is 0 Å². The van der Waals surface area contributed by atoms with E-state index in [9.17, 15) is 19.8 Å². The number of hydrogen-bond donors (Lipinski definition) is 3. The first-order chi connectivity index (χ1) is 11.9. The van der Waals surface area contributed by atoms with E-state index < -0.39 is 17.6 Å². The monoisotopic (exact) mass is 354 g/mol. The molecule has 0 aromatic carbocycles. The van der Waals surface area contributed by atoms with Crippen LogP contribution in [0.2, 0.25) is 0 Å². The zero-order chi connectivity index (χ0) is 18.6. The molecule has 2 heterocycles. The zero-order valence-corrected chi connectivity index (χ0v) is 15.3. The van der Waals surface area contributed by atoms with Crippen molar-refractivity contribution in [2.45, 2.75) is 63.8 Å². The molecule has 0 radical (unpaired) electrons. The maximum atomic E-state index is 11.9. The largest absolute Gasteiger partial charge is 0.480 e. The molecule has 0 unspecified atom stereocenters. The Kier molecular flexibility index (Phi) is 6.59. The van der Waals surface area contributed by atoms with Crippen molar-refractivity contribution >= 4 is 11.9 Å². The van der Waals surface area contributed by atoms with Gasteiger partial charge in [0.15, 0.2) is 0 Å². The predicted molar refractivity (Wildman–Crippen MR) is 93.1 cm³/mol. The summed E-state index contributed by atoms with van der Waals surface area (Å²) >= 11 is 0. The van der Waals surface area contributed by atoms with Crippen LogP contribution in [0.1, 0.15) is 40.0 Å². The summed E-state index contributed by atoms with van der Waals surface area (Å²) in [5.41, 5.74) is -0.677. The maximum absolute atomic E-state index is 11.9. The number of rotatable bonds is 7. The number of fused-ring (bicyclic) bond motifs is 1. The first-order valence-electron chi connectivity index (χ1n) is 9.03. The van der Waals surface area contributed by atoms with Crippen LogP contribution in [0.4, 0.5) is 0 Å². The molecule has 0 spiro atoms.